The highest BCUT2D eigenvalue weighted by Crippen LogP contribution is 2.24. The molecule has 1 amide bonds. The first kappa shape index (κ1) is 15.9. The van der Waals surface area contributed by atoms with Crippen molar-refractivity contribution in [3.8, 4) is 0 Å². The van der Waals surface area contributed by atoms with Crippen molar-refractivity contribution < 1.29 is 4.79 Å². The largest absolute Gasteiger partial charge is 0.347 e. The lowest BCUT2D eigenvalue weighted by Crippen LogP contribution is -2.47. The molecular weight excluding hydrogens is 312 g/mol. The van der Waals surface area contributed by atoms with Crippen LogP contribution in [0.1, 0.15) is 48.8 Å². The molecule has 1 aliphatic rings. The highest BCUT2D eigenvalue weighted by molar-refractivity contribution is 7.09. The second kappa shape index (κ2) is 6.66. The van der Waals surface area contributed by atoms with Crippen LogP contribution in [0.3, 0.4) is 0 Å². The molecule has 0 spiro atoms. The molecule has 23 heavy (non-hydrogen) atoms. The Bertz CT molecular complexity index is 679. The lowest BCUT2D eigenvalue weighted by atomic mass is 10.1. The van der Waals surface area contributed by atoms with Gasteiger partial charge < -0.3 is 10.2 Å². The van der Waals surface area contributed by atoms with Gasteiger partial charge in [0, 0.05) is 49.8 Å². The molecule has 0 bridgehead atoms. The standard InChI is InChI=1S/C15H22N6OS/c1-10(2)13-18-15(23-19-13)21-6-4-5-12(9-21)17-14(22)11-7-16-20(3)8-11/h7-8,10,12H,4-6,9H2,1-3H3,(H,17,22). The van der Waals surface area contributed by atoms with Crippen molar-refractivity contribution in [2.24, 2.45) is 7.05 Å². The van der Waals surface area contributed by atoms with Gasteiger partial charge in [0.2, 0.25) is 5.13 Å². The van der Waals surface area contributed by atoms with E-state index in [9.17, 15) is 4.79 Å². The van der Waals surface area contributed by atoms with E-state index in [0.717, 1.165) is 36.9 Å². The van der Waals surface area contributed by atoms with E-state index in [4.69, 9.17) is 0 Å². The highest BCUT2D eigenvalue weighted by atomic mass is 32.1. The van der Waals surface area contributed by atoms with Crippen LogP contribution >= 0.6 is 11.5 Å². The van der Waals surface area contributed by atoms with Crippen molar-refractivity contribution in [3.05, 3.63) is 23.8 Å². The van der Waals surface area contributed by atoms with Gasteiger partial charge in [-0.3, -0.25) is 9.48 Å². The van der Waals surface area contributed by atoms with Crippen LogP contribution in [-0.4, -0.2) is 44.2 Å². The number of carbonyl (C=O) groups is 1. The normalized spacial score (nSPS) is 18.4. The van der Waals surface area contributed by atoms with Crippen LogP contribution in [0.25, 0.3) is 0 Å². The molecule has 1 fully saturated rings. The first-order valence-corrected chi connectivity index (χ1v) is 8.68. The number of nitrogens with zero attached hydrogens (tertiary/aromatic N) is 5. The van der Waals surface area contributed by atoms with Gasteiger partial charge in [-0.25, -0.2) is 4.98 Å². The molecule has 7 nitrogen and oxygen atoms in total. The summed E-state index contributed by atoms with van der Waals surface area (Å²) in [4.78, 5) is 19.1. The van der Waals surface area contributed by atoms with Gasteiger partial charge in [-0.15, -0.1) is 0 Å². The van der Waals surface area contributed by atoms with Gasteiger partial charge >= 0.3 is 0 Å². The van der Waals surface area contributed by atoms with E-state index in [1.807, 2.05) is 0 Å². The van der Waals surface area contributed by atoms with Crippen molar-refractivity contribution in [1.82, 2.24) is 24.5 Å². The predicted molar refractivity (Wildman–Crippen MR) is 89.9 cm³/mol. The first-order valence-electron chi connectivity index (χ1n) is 7.91. The molecule has 0 aliphatic carbocycles. The summed E-state index contributed by atoms with van der Waals surface area (Å²) in [6.07, 6.45) is 5.35. The Morgan fingerprint density at radius 1 is 1.48 bits per heavy atom. The van der Waals surface area contributed by atoms with Gasteiger partial charge in [0.15, 0.2) is 0 Å². The Kier molecular flexibility index (Phi) is 4.61. The maximum Gasteiger partial charge on any atom is 0.254 e. The summed E-state index contributed by atoms with van der Waals surface area (Å²) in [5, 5.41) is 8.09. The summed E-state index contributed by atoms with van der Waals surface area (Å²) < 4.78 is 6.05. The van der Waals surface area contributed by atoms with E-state index < -0.39 is 0 Å². The predicted octanol–water partition coefficient (Wildman–Crippen LogP) is 1.79. The Hall–Kier alpha value is -1.96. The number of carbonyl (C=O) groups excluding carboxylic acids is 1. The first-order chi connectivity index (χ1) is 11.0. The minimum absolute atomic E-state index is 0.0647. The summed E-state index contributed by atoms with van der Waals surface area (Å²) in [5.41, 5.74) is 0.600. The van der Waals surface area contributed by atoms with E-state index in [0.29, 0.717) is 11.5 Å². The minimum Gasteiger partial charge on any atom is -0.347 e. The molecule has 1 N–H and O–H groups in total. The van der Waals surface area contributed by atoms with Gasteiger partial charge in [-0.1, -0.05) is 13.8 Å². The molecule has 3 heterocycles. The number of aryl methyl sites for hydroxylation is 1. The molecule has 2 aromatic heterocycles. The van der Waals surface area contributed by atoms with E-state index in [1.165, 1.54) is 11.5 Å². The quantitative estimate of drug-likeness (QED) is 0.922. The molecule has 1 unspecified atom stereocenters. The number of nitrogens with one attached hydrogen (secondary N) is 1. The maximum atomic E-state index is 12.3. The third-order valence-electron chi connectivity index (χ3n) is 3.94. The fourth-order valence-corrected chi connectivity index (χ4v) is 3.51. The summed E-state index contributed by atoms with van der Waals surface area (Å²) >= 11 is 1.44. The third kappa shape index (κ3) is 3.69. The molecule has 124 valence electrons. The van der Waals surface area contributed by atoms with E-state index in [2.05, 4.69) is 38.5 Å². The Morgan fingerprint density at radius 3 is 2.96 bits per heavy atom. The Labute approximate surface area is 139 Å². The fourth-order valence-electron chi connectivity index (χ4n) is 2.67. The Morgan fingerprint density at radius 2 is 2.30 bits per heavy atom. The van der Waals surface area contributed by atoms with Crippen LogP contribution in [0, 0.1) is 0 Å². The summed E-state index contributed by atoms with van der Waals surface area (Å²) in [6, 6.07) is 0.128. The summed E-state index contributed by atoms with van der Waals surface area (Å²) in [6.45, 7) is 5.93. The topological polar surface area (TPSA) is 75.9 Å². The Balaban J connectivity index is 1.62. The lowest BCUT2D eigenvalue weighted by molar-refractivity contribution is 0.0933. The zero-order valence-electron chi connectivity index (χ0n) is 13.7. The number of amides is 1. The second-order valence-corrected chi connectivity index (χ2v) is 6.98. The molecule has 1 aliphatic heterocycles. The van der Waals surface area contributed by atoms with Crippen LogP contribution < -0.4 is 10.2 Å². The van der Waals surface area contributed by atoms with Gasteiger partial charge in [0.05, 0.1) is 11.8 Å². The SMILES string of the molecule is CC(C)c1nsc(N2CCCC(NC(=O)c3cnn(C)c3)C2)n1. The number of anilines is 1. The van der Waals surface area contributed by atoms with Gasteiger partial charge in [-0.2, -0.15) is 9.47 Å². The molecule has 1 atom stereocenters. The van der Waals surface area contributed by atoms with Crippen molar-refractivity contribution in [3.63, 3.8) is 0 Å². The van der Waals surface area contributed by atoms with Crippen LogP contribution in [0.5, 0.6) is 0 Å². The summed E-state index contributed by atoms with van der Waals surface area (Å²) in [5.74, 6) is 1.17. The zero-order chi connectivity index (χ0) is 16.4. The monoisotopic (exact) mass is 334 g/mol. The number of rotatable bonds is 4. The molecular formula is C15H22N6OS. The molecule has 2 aromatic rings. The molecule has 8 heteroatoms. The molecule has 3 rings (SSSR count). The molecule has 1 saturated heterocycles. The van der Waals surface area contributed by atoms with Gasteiger partial charge in [-0.05, 0) is 12.8 Å². The number of aromatic nitrogens is 4. The number of hydrogen-bond acceptors (Lipinski definition) is 6. The minimum atomic E-state index is -0.0647. The van der Waals surface area contributed by atoms with Crippen molar-refractivity contribution >= 4 is 22.6 Å². The van der Waals surface area contributed by atoms with E-state index >= 15 is 0 Å². The zero-order valence-corrected chi connectivity index (χ0v) is 14.5. The highest BCUT2D eigenvalue weighted by Gasteiger charge is 2.24. The van der Waals surface area contributed by atoms with Crippen LogP contribution in [-0.2, 0) is 7.05 Å². The van der Waals surface area contributed by atoms with Crippen molar-refractivity contribution in [2.75, 3.05) is 18.0 Å². The van der Waals surface area contributed by atoms with Crippen molar-refractivity contribution in [2.45, 2.75) is 38.6 Å². The lowest BCUT2D eigenvalue weighted by Gasteiger charge is -2.32. The molecule has 0 saturated carbocycles. The van der Waals surface area contributed by atoms with Gasteiger partial charge in [0.1, 0.15) is 5.82 Å². The fraction of sp³-hybridized carbons (Fsp3) is 0.600. The molecule has 0 aromatic carbocycles. The van der Waals surface area contributed by atoms with E-state index in [-0.39, 0.29) is 11.9 Å². The third-order valence-corrected chi connectivity index (χ3v) is 4.73. The van der Waals surface area contributed by atoms with E-state index in [1.54, 1.807) is 24.1 Å². The average molecular weight is 334 g/mol. The number of hydrogen-bond donors (Lipinski definition) is 1. The van der Waals surface area contributed by atoms with Crippen LogP contribution in [0.2, 0.25) is 0 Å². The average Bonchev–Trinajstić information content (AvgIpc) is 3.16. The maximum absolute atomic E-state index is 12.3. The van der Waals surface area contributed by atoms with Gasteiger partial charge in [0.25, 0.3) is 5.91 Å². The molecule has 0 radical (unpaired) electrons. The number of piperidine rings is 1. The van der Waals surface area contributed by atoms with Crippen LogP contribution in [0.15, 0.2) is 12.4 Å². The van der Waals surface area contributed by atoms with Crippen LogP contribution in [0.4, 0.5) is 5.13 Å². The smallest absolute Gasteiger partial charge is 0.254 e. The van der Waals surface area contributed by atoms with Crippen molar-refractivity contribution in [1.29, 1.82) is 0 Å². The summed E-state index contributed by atoms with van der Waals surface area (Å²) in [7, 11) is 1.81. The second-order valence-electron chi connectivity index (χ2n) is 6.25.